The highest BCUT2D eigenvalue weighted by atomic mass is 19.1. The van der Waals surface area contributed by atoms with Gasteiger partial charge in [0, 0.05) is 11.6 Å². The molecule has 1 fully saturated rings. The first-order valence-corrected chi connectivity index (χ1v) is 7.36. The van der Waals surface area contributed by atoms with Crippen molar-refractivity contribution in [2.24, 2.45) is 0 Å². The fourth-order valence-electron chi connectivity index (χ4n) is 2.50. The Bertz CT molecular complexity index is 658. The number of amides is 1. The van der Waals surface area contributed by atoms with Crippen molar-refractivity contribution in [2.75, 3.05) is 6.61 Å². The third kappa shape index (κ3) is 4.65. The predicted octanol–water partition coefficient (Wildman–Crippen LogP) is 2.33. The highest BCUT2D eigenvalue weighted by Crippen LogP contribution is 2.28. The molecule has 0 aromatic heterocycles. The van der Waals surface area contributed by atoms with Crippen molar-refractivity contribution in [3.05, 3.63) is 41.7 Å². The van der Waals surface area contributed by atoms with Gasteiger partial charge in [-0.1, -0.05) is 18.2 Å². The van der Waals surface area contributed by atoms with Gasteiger partial charge < -0.3 is 10.1 Å². The minimum atomic E-state index is -0.841. The molecule has 1 saturated carbocycles. The minimum Gasteiger partial charge on any atom is -0.452 e. The summed E-state index contributed by atoms with van der Waals surface area (Å²) in [5, 5.41) is 11.8. The van der Waals surface area contributed by atoms with E-state index in [1.54, 1.807) is 12.1 Å². The van der Waals surface area contributed by atoms with Crippen molar-refractivity contribution < 1.29 is 18.7 Å². The van der Waals surface area contributed by atoms with E-state index in [2.05, 4.69) is 11.4 Å². The molecule has 1 amide bonds. The number of esters is 1. The van der Waals surface area contributed by atoms with Crippen LogP contribution in [0.1, 0.15) is 31.2 Å². The summed E-state index contributed by atoms with van der Waals surface area (Å²) >= 11 is 0. The number of nitriles is 1. The Kier molecular flexibility index (Phi) is 5.47. The maximum Gasteiger partial charge on any atom is 0.331 e. The highest BCUT2D eigenvalue weighted by Gasteiger charge is 2.35. The predicted molar refractivity (Wildman–Crippen MR) is 81.3 cm³/mol. The number of rotatable bonds is 5. The van der Waals surface area contributed by atoms with Gasteiger partial charge in [-0.3, -0.25) is 4.79 Å². The summed E-state index contributed by atoms with van der Waals surface area (Å²) in [4.78, 5) is 23.3. The first kappa shape index (κ1) is 16.7. The Morgan fingerprint density at radius 3 is 2.70 bits per heavy atom. The lowest BCUT2D eigenvalue weighted by Crippen LogP contribution is -2.46. The summed E-state index contributed by atoms with van der Waals surface area (Å²) in [7, 11) is 0. The number of nitrogens with one attached hydrogen (secondary N) is 1. The van der Waals surface area contributed by atoms with Crippen LogP contribution in [-0.4, -0.2) is 24.0 Å². The lowest BCUT2D eigenvalue weighted by molar-refractivity contribution is -0.144. The summed E-state index contributed by atoms with van der Waals surface area (Å²) in [6, 6.07) is 8.10. The van der Waals surface area contributed by atoms with Gasteiger partial charge in [0.25, 0.3) is 5.91 Å². The van der Waals surface area contributed by atoms with E-state index in [-0.39, 0.29) is 5.56 Å². The van der Waals surface area contributed by atoms with Gasteiger partial charge in [0.05, 0.1) is 6.07 Å². The first-order chi connectivity index (χ1) is 11.0. The van der Waals surface area contributed by atoms with Crippen LogP contribution in [-0.2, 0) is 14.3 Å². The van der Waals surface area contributed by atoms with E-state index in [4.69, 9.17) is 10.00 Å². The molecular formula is C17H17FN2O3. The molecule has 23 heavy (non-hydrogen) atoms. The van der Waals surface area contributed by atoms with Gasteiger partial charge in [0.1, 0.15) is 11.4 Å². The van der Waals surface area contributed by atoms with E-state index in [1.165, 1.54) is 18.2 Å². The van der Waals surface area contributed by atoms with Gasteiger partial charge in [0.2, 0.25) is 0 Å². The summed E-state index contributed by atoms with van der Waals surface area (Å²) < 4.78 is 18.2. The average Bonchev–Trinajstić information content (AvgIpc) is 3.01. The third-order valence-corrected chi connectivity index (χ3v) is 3.70. The van der Waals surface area contributed by atoms with Crippen LogP contribution in [0.15, 0.2) is 30.3 Å². The van der Waals surface area contributed by atoms with Crippen molar-refractivity contribution in [3.8, 4) is 6.07 Å². The van der Waals surface area contributed by atoms with Crippen LogP contribution in [0.5, 0.6) is 0 Å². The molecule has 1 aliphatic carbocycles. The smallest absolute Gasteiger partial charge is 0.331 e. The van der Waals surface area contributed by atoms with Gasteiger partial charge in [-0.25, -0.2) is 9.18 Å². The second kappa shape index (κ2) is 7.54. The summed E-state index contributed by atoms with van der Waals surface area (Å²) in [6.45, 7) is -0.468. The number of ether oxygens (including phenoxy) is 1. The van der Waals surface area contributed by atoms with E-state index in [9.17, 15) is 14.0 Å². The average molecular weight is 316 g/mol. The van der Waals surface area contributed by atoms with Gasteiger partial charge in [-0.15, -0.1) is 0 Å². The number of halogens is 1. The SMILES string of the molecule is N#CC1(NC(=O)COC(=O)/C=C/c2ccccc2F)CCCC1. The molecule has 0 atom stereocenters. The van der Waals surface area contributed by atoms with Crippen LogP contribution in [0, 0.1) is 17.1 Å². The molecule has 2 rings (SSSR count). The van der Waals surface area contributed by atoms with Crippen molar-refractivity contribution in [1.29, 1.82) is 5.26 Å². The third-order valence-electron chi connectivity index (χ3n) is 3.70. The second-order valence-corrected chi connectivity index (χ2v) is 5.41. The van der Waals surface area contributed by atoms with E-state index in [1.807, 2.05) is 0 Å². The maximum absolute atomic E-state index is 13.4. The molecule has 0 spiro atoms. The fraction of sp³-hybridized carbons (Fsp3) is 0.353. The molecule has 0 aliphatic heterocycles. The highest BCUT2D eigenvalue weighted by molar-refractivity contribution is 5.89. The molecule has 1 N–H and O–H groups in total. The Labute approximate surface area is 133 Å². The zero-order valence-corrected chi connectivity index (χ0v) is 12.5. The van der Waals surface area contributed by atoms with Gasteiger partial charge >= 0.3 is 5.97 Å². The summed E-state index contributed by atoms with van der Waals surface area (Å²) in [5.74, 6) is -1.71. The molecule has 0 unspecified atom stereocenters. The van der Waals surface area contributed by atoms with Crippen molar-refractivity contribution in [3.63, 3.8) is 0 Å². The first-order valence-electron chi connectivity index (χ1n) is 7.36. The second-order valence-electron chi connectivity index (χ2n) is 5.41. The molecule has 1 aromatic rings. The minimum absolute atomic E-state index is 0.253. The standard InChI is InChI=1S/C17H17FN2O3/c18-14-6-2-1-5-13(14)7-8-16(22)23-11-15(21)20-17(12-19)9-3-4-10-17/h1-2,5-8H,3-4,9-11H2,(H,20,21)/b8-7+. The van der Waals surface area contributed by atoms with E-state index >= 15 is 0 Å². The van der Waals surface area contributed by atoms with Crippen LogP contribution >= 0.6 is 0 Å². The molecule has 6 heteroatoms. The number of carbonyl (C=O) groups is 2. The van der Waals surface area contributed by atoms with E-state index in [0.29, 0.717) is 12.8 Å². The van der Waals surface area contributed by atoms with Gasteiger partial charge in [0.15, 0.2) is 6.61 Å². The topological polar surface area (TPSA) is 79.2 Å². The Hall–Kier alpha value is -2.68. The van der Waals surface area contributed by atoms with Crippen molar-refractivity contribution in [1.82, 2.24) is 5.32 Å². The fourth-order valence-corrected chi connectivity index (χ4v) is 2.50. The van der Waals surface area contributed by atoms with E-state index < -0.39 is 29.8 Å². The number of nitrogens with zero attached hydrogens (tertiary/aromatic N) is 1. The molecular weight excluding hydrogens is 299 g/mol. The lowest BCUT2D eigenvalue weighted by atomic mass is 10.00. The number of hydrogen-bond acceptors (Lipinski definition) is 4. The number of benzene rings is 1. The Morgan fingerprint density at radius 1 is 1.35 bits per heavy atom. The molecule has 5 nitrogen and oxygen atoms in total. The molecule has 0 radical (unpaired) electrons. The zero-order chi connectivity index (χ0) is 16.7. The molecule has 0 heterocycles. The maximum atomic E-state index is 13.4. The largest absolute Gasteiger partial charge is 0.452 e. The molecule has 1 aliphatic rings. The monoisotopic (exact) mass is 316 g/mol. The van der Waals surface area contributed by atoms with Crippen LogP contribution in [0.2, 0.25) is 0 Å². The molecule has 0 saturated heterocycles. The number of carbonyl (C=O) groups excluding carboxylic acids is 2. The summed E-state index contributed by atoms with van der Waals surface area (Å²) in [5.41, 5.74) is -0.588. The van der Waals surface area contributed by atoms with Gasteiger partial charge in [-0.05, 0) is 37.8 Å². The lowest BCUT2D eigenvalue weighted by Gasteiger charge is -2.21. The van der Waals surface area contributed by atoms with Crippen molar-refractivity contribution >= 4 is 18.0 Å². The normalized spacial score (nSPS) is 16.0. The number of hydrogen-bond donors (Lipinski definition) is 1. The van der Waals surface area contributed by atoms with Crippen LogP contribution in [0.4, 0.5) is 4.39 Å². The molecule has 0 bridgehead atoms. The van der Waals surface area contributed by atoms with Crippen LogP contribution in [0.25, 0.3) is 6.08 Å². The van der Waals surface area contributed by atoms with Crippen LogP contribution in [0.3, 0.4) is 0 Å². The summed E-state index contributed by atoms with van der Waals surface area (Å²) in [6.07, 6.45) is 5.33. The Morgan fingerprint density at radius 2 is 2.04 bits per heavy atom. The molecule has 120 valence electrons. The van der Waals surface area contributed by atoms with E-state index in [0.717, 1.165) is 18.9 Å². The quantitative estimate of drug-likeness (QED) is 0.668. The van der Waals surface area contributed by atoms with Crippen molar-refractivity contribution in [2.45, 2.75) is 31.2 Å². The van der Waals surface area contributed by atoms with Crippen LogP contribution < -0.4 is 5.32 Å². The zero-order valence-electron chi connectivity index (χ0n) is 12.5. The molecule has 1 aromatic carbocycles. The van der Waals surface area contributed by atoms with Gasteiger partial charge in [-0.2, -0.15) is 5.26 Å². The Balaban J connectivity index is 1.81.